The number of rotatable bonds is 3. The number of hydrogen-bond donors (Lipinski definition) is 0. The summed E-state index contributed by atoms with van der Waals surface area (Å²) in [5, 5.41) is -0.499. The molecule has 0 spiro atoms. The van der Waals surface area contributed by atoms with Gasteiger partial charge in [0.15, 0.2) is 8.32 Å². The van der Waals surface area contributed by atoms with Crippen LogP contribution >= 0.6 is 15.9 Å². The number of alkyl halides is 5. The molecule has 0 aromatic heterocycles. The van der Waals surface area contributed by atoms with Crippen LogP contribution in [0.4, 0.5) is 22.0 Å². The van der Waals surface area contributed by atoms with Crippen LogP contribution in [0.15, 0.2) is 21.5 Å². The first-order valence-electron chi connectivity index (χ1n) is 8.01. The highest BCUT2D eigenvalue weighted by atomic mass is 79.9. The van der Waals surface area contributed by atoms with Crippen molar-refractivity contribution < 1.29 is 34.8 Å². The van der Waals surface area contributed by atoms with Crippen LogP contribution in [0.1, 0.15) is 38.0 Å². The molecule has 1 atom stereocenters. The Morgan fingerprint density at radius 3 is 2.15 bits per heavy atom. The predicted octanol–water partition coefficient (Wildman–Crippen LogP) is 6.00. The Morgan fingerprint density at radius 2 is 1.70 bits per heavy atom. The van der Waals surface area contributed by atoms with Gasteiger partial charge in [0.05, 0.1) is 4.90 Å². The standard InChI is InChI=1S/C16H20BrF5O3SSi/c1-14(2,3)27(4,5)25-13-12-9(8-15(13,18)19)10(17)6-7-11(12)26(23,24)16(20,21)22/h6-7,13H,8H2,1-5H3. The Bertz CT molecular complexity index is 860. The minimum absolute atomic E-state index is 0.125. The van der Waals surface area contributed by atoms with Gasteiger partial charge in [-0.2, -0.15) is 13.2 Å². The van der Waals surface area contributed by atoms with Crippen molar-refractivity contribution in [1.82, 2.24) is 0 Å². The lowest BCUT2D eigenvalue weighted by atomic mass is 10.1. The van der Waals surface area contributed by atoms with Gasteiger partial charge < -0.3 is 4.43 Å². The molecule has 1 aromatic carbocycles. The molecular formula is C16H20BrF5O3SSi. The molecule has 3 nitrogen and oxygen atoms in total. The topological polar surface area (TPSA) is 43.4 Å². The Balaban J connectivity index is 2.75. The molecule has 0 aliphatic heterocycles. The first-order valence-corrected chi connectivity index (χ1v) is 13.2. The molecule has 0 radical (unpaired) electrons. The SMILES string of the molecule is CC(C)(C)[Si](C)(C)OC1c2c(S(=O)(=O)C(F)(F)F)ccc(Br)c2CC1(F)F. The number of halogens is 6. The maximum atomic E-state index is 14.8. The average molecular weight is 495 g/mol. The van der Waals surface area contributed by atoms with E-state index in [1.807, 2.05) is 0 Å². The third kappa shape index (κ3) is 3.84. The molecule has 1 unspecified atom stereocenters. The van der Waals surface area contributed by atoms with Gasteiger partial charge >= 0.3 is 5.51 Å². The van der Waals surface area contributed by atoms with Gasteiger partial charge in [0.2, 0.25) is 0 Å². The highest BCUT2D eigenvalue weighted by molar-refractivity contribution is 9.10. The van der Waals surface area contributed by atoms with Gasteiger partial charge in [-0.3, -0.25) is 0 Å². The molecule has 0 fully saturated rings. The summed E-state index contributed by atoms with van der Waals surface area (Å²) in [6.07, 6.45) is -2.96. The summed E-state index contributed by atoms with van der Waals surface area (Å²) in [6, 6.07) is 1.75. The normalized spacial score (nSPS) is 20.6. The molecule has 0 N–H and O–H groups in total. The summed E-state index contributed by atoms with van der Waals surface area (Å²) in [6.45, 7) is 8.73. The molecule has 0 saturated carbocycles. The minimum Gasteiger partial charge on any atom is -0.404 e. The fraction of sp³-hybridized carbons (Fsp3) is 0.625. The molecule has 1 aliphatic carbocycles. The third-order valence-electron chi connectivity index (χ3n) is 5.13. The molecule has 1 aromatic rings. The van der Waals surface area contributed by atoms with Gasteiger partial charge in [0.25, 0.3) is 15.8 Å². The molecule has 11 heteroatoms. The fourth-order valence-electron chi connectivity index (χ4n) is 2.60. The molecule has 27 heavy (non-hydrogen) atoms. The van der Waals surface area contributed by atoms with Crippen LogP contribution in [0.5, 0.6) is 0 Å². The second-order valence-corrected chi connectivity index (χ2v) is 15.6. The maximum absolute atomic E-state index is 14.8. The van der Waals surface area contributed by atoms with Gasteiger partial charge in [-0.1, -0.05) is 36.7 Å². The number of benzene rings is 1. The quantitative estimate of drug-likeness (QED) is 0.382. The monoisotopic (exact) mass is 494 g/mol. The van der Waals surface area contributed by atoms with Crippen molar-refractivity contribution in [3.8, 4) is 0 Å². The first-order chi connectivity index (χ1) is 11.8. The van der Waals surface area contributed by atoms with E-state index in [1.165, 1.54) is 0 Å². The highest BCUT2D eigenvalue weighted by Crippen LogP contribution is 2.54. The van der Waals surface area contributed by atoms with E-state index in [1.54, 1.807) is 33.9 Å². The van der Waals surface area contributed by atoms with Crippen LogP contribution in [0.25, 0.3) is 0 Å². The maximum Gasteiger partial charge on any atom is 0.501 e. The lowest BCUT2D eigenvalue weighted by Crippen LogP contribution is -2.44. The van der Waals surface area contributed by atoms with Crippen LogP contribution in [-0.2, 0) is 20.7 Å². The summed E-state index contributed by atoms with van der Waals surface area (Å²) >= 11 is 3.04. The summed E-state index contributed by atoms with van der Waals surface area (Å²) in [5.74, 6) is -3.53. The van der Waals surface area contributed by atoms with Crippen LogP contribution in [0, 0.1) is 0 Å². The molecule has 0 heterocycles. The number of sulfone groups is 1. The van der Waals surface area contributed by atoms with Gasteiger partial charge in [-0.25, -0.2) is 17.2 Å². The van der Waals surface area contributed by atoms with E-state index in [9.17, 15) is 30.4 Å². The van der Waals surface area contributed by atoms with Gasteiger partial charge in [-0.15, -0.1) is 0 Å². The van der Waals surface area contributed by atoms with Crippen molar-refractivity contribution in [3.63, 3.8) is 0 Å². The van der Waals surface area contributed by atoms with Gasteiger partial charge in [0, 0.05) is 16.5 Å². The van der Waals surface area contributed by atoms with Gasteiger partial charge in [-0.05, 0) is 35.8 Å². The van der Waals surface area contributed by atoms with Crippen molar-refractivity contribution in [1.29, 1.82) is 0 Å². The second-order valence-electron chi connectivity index (χ2n) is 8.08. The largest absolute Gasteiger partial charge is 0.501 e. The van der Waals surface area contributed by atoms with E-state index < -0.39 is 57.6 Å². The van der Waals surface area contributed by atoms with Crippen molar-refractivity contribution in [2.75, 3.05) is 0 Å². The lowest BCUT2D eigenvalue weighted by Gasteiger charge is -2.40. The van der Waals surface area contributed by atoms with Crippen molar-refractivity contribution in [2.45, 2.75) is 67.8 Å². The number of hydrogen-bond acceptors (Lipinski definition) is 3. The summed E-state index contributed by atoms with van der Waals surface area (Å²) < 4.78 is 98.8. The smallest absolute Gasteiger partial charge is 0.404 e. The van der Waals surface area contributed by atoms with Crippen LogP contribution in [0.3, 0.4) is 0 Å². The zero-order valence-electron chi connectivity index (χ0n) is 15.3. The summed E-state index contributed by atoms with van der Waals surface area (Å²) in [7, 11) is -8.66. The zero-order chi connectivity index (χ0) is 21.2. The summed E-state index contributed by atoms with van der Waals surface area (Å²) in [4.78, 5) is -1.17. The van der Waals surface area contributed by atoms with E-state index in [4.69, 9.17) is 4.43 Å². The molecule has 154 valence electrons. The second kappa shape index (κ2) is 6.50. The van der Waals surface area contributed by atoms with E-state index in [2.05, 4.69) is 15.9 Å². The molecule has 0 bridgehead atoms. The zero-order valence-corrected chi connectivity index (χ0v) is 18.7. The first kappa shape index (κ1) is 22.8. The minimum atomic E-state index is -5.81. The van der Waals surface area contributed by atoms with Crippen LogP contribution in [-0.4, -0.2) is 28.2 Å². The van der Waals surface area contributed by atoms with E-state index in [-0.39, 0.29) is 10.0 Å². The number of fused-ring (bicyclic) bond motifs is 1. The Kier molecular flexibility index (Phi) is 5.48. The van der Waals surface area contributed by atoms with Crippen LogP contribution in [0.2, 0.25) is 18.1 Å². The van der Waals surface area contributed by atoms with E-state index in [0.717, 1.165) is 6.07 Å². The highest BCUT2D eigenvalue weighted by Gasteiger charge is 2.57. The van der Waals surface area contributed by atoms with Crippen LogP contribution < -0.4 is 0 Å². The molecule has 2 rings (SSSR count). The molecule has 0 amide bonds. The van der Waals surface area contributed by atoms with E-state index >= 15 is 0 Å². The van der Waals surface area contributed by atoms with E-state index in [0.29, 0.717) is 6.07 Å². The van der Waals surface area contributed by atoms with Crippen molar-refractivity contribution in [2.24, 2.45) is 0 Å². The van der Waals surface area contributed by atoms with Gasteiger partial charge in [0.1, 0.15) is 6.10 Å². The molecular weight excluding hydrogens is 475 g/mol. The Morgan fingerprint density at radius 1 is 1.19 bits per heavy atom. The Hall–Kier alpha value is -0.523. The predicted molar refractivity (Wildman–Crippen MR) is 97.1 cm³/mol. The molecule has 0 saturated heterocycles. The summed E-state index contributed by atoms with van der Waals surface area (Å²) in [5.41, 5.74) is -6.38. The fourth-order valence-corrected chi connectivity index (χ4v) is 5.33. The third-order valence-corrected chi connectivity index (χ3v) is 11.9. The Labute approximate surface area is 164 Å². The lowest BCUT2D eigenvalue weighted by molar-refractivity contribution is -0.0910. The van der Waals surface area contributed by atoms with Crippen molar-refractivity contribution in [3.05, 3.63) is 27.7 Å². The van der Waals surface area contributed by atoms with Crippen molar-refractivity contribution >= 4 is 34.1 Å². The molecule has 1 aliphatic rings. The average Bonchev–Trinajstić information content (AvgIpc) is 2.69.